The summed E-state index contributed by atoms with van der Waals surface area (Å²) < 4.78 is 8.88. The van der Waals surface area contributed by atoms with E-state index in [0.29, 0.717) is 12.3 Å². The molecular weight excluding hydrogens is 288 g/mol. The van der Waals surface area contributed by atoms with Crippen LogP contribution in [0, 0.1) is 5.92 Å². The number of aryl methyl sites for hydroxylation is 1. The van der Waals surface area contributed by atoms with E-state index in [0.717, 1.165) is 11.0 Å². The average molecular weight is 308 g/mol. The average Bonchev–Trinajstić information content (AvgIpc) is 2.90. The number of hydrogen-bond acceptors (Lipinski definition) is 5. The molecule has 2 aromatic heterocycles. The Bertz CT molecular complexity index is 813. The fourth-order valence-corrected chi connectivity index (χ4v) is 2.12. The Hall–Kier alpha value is -2.38. The van der Waals surface area contributed by atoms with Gasteiger partial charge in [0, 0.05) is 20.5 Å². The van der Waals surface area contributed by atoms with Crippen LogP contribution < -0.4 is 11.2 Å². The highest BCUT2D eigenvalue weighted by molar-refractivity contribution is 5.71. The van der Waals surface area contributed by atoms with Gasteiger partial charge in [-0.05, 0) is 12.3 Å². The number of nitrogens with zero attached hydrogens (tertiary/aromatic N) is 4. The first-order chi connectivity index (χ1) is 10.3. The van der Waals surface area contributed by atoms with Crippen molar-refractivity contribution in [3.05, 3.63) is 27.2 Å². The highest BCUT2D eigenvalue weighted by atomic mass is 16.5. The summed E-state index contributed by atoms with van der Waals surface area (Å²) in [6.07, 6.45) is 2.47. The predicted octanol–water partition coefficient (Wildman–Crippen LogP) is 0.371. The molecule has 120 valence electrons. The van der Waals surface area contributed by atoms with Gasteiger partial charge in [-0.25, -0.2) is 9.78 Å². The number of esters is 1. The Morgan fingerprint density at radius 3 is 2.59 bits per heavy atom. The van der Waals surface area contributed by atoms with E-state index >= 15 is 0 Å². The molecule has 2 aromatic rings. The van der Waals surface area contributed by atoms with Crippen LogP contribution >= 0.6 is 0 Å². The third-order valence-corrected chi connectivity index (χ3v) is 3.51. The topological polar surface area (TPSA) is 88.1 Å². The number of aromatic nitrogens is 4. The van der Waals surface area contributed by atoms with Crippen LogP contribution in [0.2, 0.25) is 0 Å². The Labute approximate surface area is 126 Å². The van der Waals surface area contributed by atoms with Crippen LogP contribution in [0.25, 0.3) is 11.2 Å². The lowest BCUT2D eigenvalue weighted by Crippen LogP contribution is -2.37. The molecule has 2 heterocycles. The second kappa shape index (κ2) is 6.17. The molecule has 0 radical (unpaired) electrons. The van der Waals surface area contributed by atoms with Gasteiger partial charge in [0.1, 0.15) is 6.33 Å². The van der Waals surface area contributed by atoms with Crippen LogP contribution in [0.3, 0.4) is 0 Å². The quantitative estimate of drug-likeness (QED) is 0.745. The maximum atomic E-state index is 12.2. The molecule has 0 aliphatic heterocycles. The molecular formula is C14H20N4O4. The molecule has 8 nitrogen and oxygen atoms in total. The summed E-state index contributed by atoms with van der Waals surface area (Å²) in [7, 11) is 2.94. The smallest absolute Gasteiger partial charge is 0.332 e. The van der Waals surface area contributed by atoms with Gasteiger partial charge < -0.3 is 4.74 Å². The highest BCUT2D eigenvalue weighted by Crippen LogP contribution is 2.08. The molecule has 0 saturated carbocycles. The Morgan fingerprint density at radius 1 is 1.27 bits per heavy atom. The number of ether oxygens (including phenoxy) is 1. The monoisotopic (exact) mass is 308 g/mol. The fraction of sp³-hybridized carbons (Fsp3) is 0.571. The van der Waals surface area contributed by atoms with Crippen molar-refractivity contribution >= 4 is 17.1 Å². The molecule has 8 heteroatoms. The zero-order valence-corrected chi connectivity index (χ0v) is 13.2. The van der Waals surface area contributed by atoms with E-state index in [4.69, 9.17) is 4.74 Å². The molecule has 0 amide bonds. The minimum atomic E-state index is -0.464. The van der Waals surface area contributed by atoms with Crippen molar-refractivity contribution < 1.29 is 9.53 Å². The summed E-state index contributed by atoms with van der Waals surface area (Å²) in [5.41, 5.74) is -0.405. The van der Waals surface area contributed by atoms with Crippen LogP contribution in [-0.2, 0) is 30.4 Å². The van der Waals surface area contributed by atoms with Gasteiger partial charge in [-0.1, -0.05) is 13.8 Å². The molecule has 0 aromatic carbocycles. The third-order valence-electron chi connectivity index (χ3n) is 3.51. The lowest BCUT2D eigenvalue weighted by atomic mass is 10.1. The van der Waals surface area contributed by atoms with Crippen LogP contribution in [0.5, 0.6) is 0 Å². The van der Waals surface area contributed by atoms with E-state index < -0.39 is 11.2 Å². The van der Waals surface area contributed by atoms with Crippen molar-refractivity contribution in [3.63, 3.8) is 0 Å². The molecule has 0 N–H and O–H groups in total. The van der Waals surface area contributed by atoms with Gasteiger partial charge in [0.15, 0.2) is 17.9 Å². The molecule has 0 aliphatic carbocycles. The van der Waals surface area contributed by atoms with E-state index in [1.54, 1.807) is 0 Å². The predicted molar refractivity (Wildman–Crippen MR) is 80.4 cm³/mol. The zero-order valence-electron chi connectivity index (χ0n) is 13.2. The van der Waals surface area contributed by atoms with Gasteiger partial charge in [-0.15, -0.1) is 0 Å². The van der Waals surface area contributed by atoms with Crippen molar-refractivity contribution in [2.45, 2.75) is 33.4 Å². The molecule has 0 unspecified atom stereocenters. The number of fused-ring (bicyclic) bond motifs is 1. The summed E-state index contributed by atoms with van der Waals surface area (Å²) >= 11 is 0. The van der Waals surface area contributed by atoms with Crippen LogP contribution in [0.4, 0.5) is 0 Å². The maximum absolute atomic E-state index is 12.2. The van der Waals surface area contributed by atoms with Crippen LogP contribution in [-0.4, -0.2) is 24.7 Å². The summed E-state index contributed by atoms with van der Waals surface area (Å²) in [6, 6.07) is 0. The van der Waals surface area contributed by atoms with Crippen molar-refractivity contribution in [1.82, 2.24) is 18.7 Å². The highest BCUT2D eigenvalue weighted by Gasteiger charge is 2.15. The largest absolute Gasteiger partial charge is 0.444 e. The van der Waals surface area contributed by atoms with Gasteiger partial charge in [-0.2, -0.15) is 0 Å². The van der Waals surface area contributed by atoms with E-state index in [-0.39, 0.29) is 23.9 Å². The maximum Gasteiger partial charge on any atom is 0.332 e. The van der Waals surface area contributed by atoms with Gasteiger partial charge in [-0.3, -0.25) is 23.3 Å². The minimum Gasteiger partial charge on any atom is -0.444 e. The number of imidazole rings is 1. The zero-order chi connectivity index (χ0) is 16.4. The lowest BCUT2D eigenvalue weighted by molar-refractivity contribution is -0.147. The minimum absolute atomic E-state index is 0.0964. The van der Waals surface area contributed by atoms with Crippen molar-refractivity contribution in [2.24, 2.45) is 20.0 Å². The molecule has 0 saturated heterocycles. The fourth-order valence-electron chi connectivity index (χ4n) is 2.12. The number of carbonyl (C=O) groups is 1. The van der Waals surface area contributed by atoms with E-state index in [1.807, 2.05) is 13.8 Å². The van der Waals surface area contributed by atoms with E-state index in [1.165, 1.54) is 29.6 Å². The summed E-state index contributed by atoms with van der Waals surface area (Å²) in [5, 5.41) is 0. The van der Waals surface area contributed by atoms with Gasteiger partial charge in [0.2, 0.25) is 0 Å². The number of rotatable bonds is 5. The molecule has 0 atom stereocenters. The molecule has 2 rings (SSSR count). The Kier molecular flexibility index (Phi) is 4.48. The third kappa shape index (κ3) is 2.95. The summed E-state index contributed by atoms with van der Waals surface area (Å²) in [4.78, 5) is 39.7. The standard InChI is InChI=1S/C14H20N4O4/c1-9(2)5-6-10(19)22-8-18-7-15-12-11(18)13(20)17(4)14(21)16(12)3/h7,9H,5-6,8H2,1-4H3. The number of hydrogen-bond donors (Lipinski definition) is 0. The van der Waals surface area contributed by atoms with Gasteiger partial charge in [0.05, 0.1) is 0 Å². The summed E-state index contributed by atoms with van der Waals surface area (Å²) in [6.45, 7) is 3.96. The van der Waals surface area contributed by atoms with Gasteiger partial charge >= 0.3 is 11.7 Å². The van der Waals surface area contributed by atoms with E-state index in [2.05, 4.69) is 4.98 Å². The Morgan fingerprint density at radius 2 is 1.95 bits per heavy atom. The molecule has 22 heavy (non-hydrogen) atoms. The second-order valence-corrected chi connectivity index (χ2v) is 5.67. The van der Waals surface area contributed by atoms with Crippen molar-refractivity contribution in [3.8, 4) is 0 Å². The van der Waals surface area contributed by atoms with Crippen molar-refractivity contribution in [1.29, 1.82) is 0 Å². The van der Waals surface area contributed by atoms with Gasteiger partial charge in [0.25, 0.3) is 5.56 Å². The molecule has 0 aliphatic rings. The second-order valence-electron chi connectivity index (χ2n) is 5.67. The number of carbonyl (C=O) groups excluding carboxylic acids is 1. The molecule has 0 spiro atoms. The molecule has 0 bridgehead atoms. The normalized spacial score (nSPS) is 11.3. The van der Waals surface area contributed by atoms with Crippen molar-refractivity contribution in [2.75, 3.05) is 0 Å². The first-order valence-electron chi connectivity index (χ1n) is 7.09. The lowest BCUT2D eigenvalue weighted by Gasteiger charge is -2.08. The Balaban J connectivity index is 2.25. The van der Waals surface area contributed by atoms with Crippen LogP contribution in [0.1, 0.15) is 26.7 Å². The molecule has 0 fully saturated rings. The van der Waals surface area contributed by atoms with Crippen LogP contribution in [0.15, 0.2) is 15.9 Å². The van der Waals surface area contributed by atoms with E-state index in [9.17, 15) is 14.4 Å². The first kappa shape index (κ1) is 16.0. The summed E-state index contributed by atoms with van der Waals surface area (Å²) in [5.74, 6) is 0.0978. The SMILES string of the molecule is CC(C)CCC(=O)OCn1cnc2c1c(=O)n(C)c(=O)n2C. The first-order valence-corrected chi connectivity index (χ1v) is 7.09.